The largest absolute Gasteiger partial charge is 0.328 e. The van der Waals surface area contributed by atoms with E-state index in [0.717, 1.165) is 19.1 Å². The van der Waals surface area contributed by atoms with Gasteiger partial charge < -0.3 is 9.88 Å². The molecule has 0 unspecified atom stereocenters. The number of rotatable bonds is 3. The highest BCUT2D eigenvalue weighted by molar-refractivity contribution is 7.88. The number of amides is 1. The zero-order valence-corrected chi connectivity index (χ0v) is 17.4. The SMILES string of the molecule is CS(=O)(=O)N1CCc2c(nc([C@@H]3CCCCN3C(=O)c3cccc(F)c3)[nH]c2=O)C1. The van der Waals surface area contributed by atoms with Gasteiger partial charge in [0.2, 0.25) is 10.0 Å². The van der Waals surface area contributed by atoms with Crippen molar-refractivity contribution in [3.05, 3.63) is 63.1 Å². The number of carbonyl (C=O) groups excluding carboxylic acids is 1. The fraction of sp³-hybridized carbons (Fsp3) is 0.450. The number of hydrogen-bond donors (Lipinski definition) is 1. The van der Waals surface area contributed by atoms with Crippen molar-refractivity contribution in [1.82, 2.24) is 19.2 Å². The number of hydrogen-bond acceptors (Lipinski definition) is 5. The summed E-state index contributed by atoms with van der Waals surface area (Å²) in [5, 5.41) is 0. The smallest absolute Gasteiger partial charge is 0.254 e. The molecular weight excluding hydrogens is 411 g/mol. The van der Waals surface area contributed by atoms with E-state index in [0.29, 0.717) is 36.5 Å². The number of benzene rings is 1. The summed E-state index contributed by atoms with van der Waals surface area (Å²) in [4.78, 5) is 34.7. The first-order valence-corrected chi connectivity index (χ1v) is 11.7. The van der Waals surface area contributed by atoms with Gasteiger partial charge in [-0.15, -0.1) is 0 Å². The minimum absolute atomic E-state index is 0.0374. The summed E-state index contributed by atoms with van der Waals surface area (Å²) in [6.07, 6.45) is 3.69. The maximum atomic E-state index is 13.6. The molecule has 0 spiro atoms. The molecule has 1 fully saturated rings. The van der Waals surface area contributed by atoms with Crippen LogP contribution in [0.5, 0.6) is 0 Å². The molecule has 3 heterocycles. The average molecular weight is 434 g/mol. The molecule has 4 rings (SSSR count). The zero-order valence-electron chi connectivity index (χ0n) is 16.6. The maximum absolute atomic E-state index is 13.6. The number of nitrogens with one attached hydrogen (secondary N) is 1. The van der Waals surface area contributed by atoms with Gasteiger partial charge in [0.1, 0.15) is 11.6 Å². The average Bonchev–Trinajstić information content (AvgIpc) is 2.72. The Morgan fingerprint density at radius 1 is 1.27 bits per heavy atom. The second-order valence-corrected chi connectivity index (χ2v) is 9.73. The molecule has 0 radical (unpaired) electrons. The maximum Gasteiger partial charge on any atom is 0.254 e. The number of fused-ring (bicyclic) bond motifs is 1. The number of aromatic nitrogens is 2. The van der Waals surface area contributed by atoms with Crippen molar-refractivity contribution in [2.45, 2.75) is 38.3 Å². The van der Waals surface area contributed by atoms with E-state index < -0.39 is 21.9 Å². The molecule has 10 heteroatoms. The molecule has 1 amide bonds. The molecule has 0 bridgehead atoms. The lowest BCUT2D eigenvalue weighted by atomic mass is 9.99. The van der Waals surface area contributed by atoms with Crippen LogP contribution in [0.15, 0.2) is 29.1 Å². The molecule has 0 aliphatic carbocycles. The van der Waals surface area contributed by atoms with Crippen LogP contribution in [0.3, 0.4) is 0 Å². The third kappa shape index (κ3) is 4.01. The quantitative estimate of drug-likeness (QED) is 0.790. The molecule has 1 N–H and O–H groups in total. The van der Waals surface area contributed by atoms with Crippen LogP contribution in [-0.2, 0) is 23.0 Å². The van der Waals surface area contributed by atoms with Crippen LogP contribution in [0.4, 0.5) is 4.39 Å². The van der Waals surface area contributed by atoms with Crippen LogP contribution >= 0.6 is 0 Å². The summed E-state index contributed by atoms with van der Waals surface area (Å²) in [6.45, 7) is 0.746. The Bertz CT molecular complexity index is 1150. The first-order chi connectivity index (χ1) is 14.2. The van der Waals surface area contributed by atoms with Crippen molar-refractivity contribution in [3.63, 3.8) is 0 Å². The molecular formula is C20H23FN4O4S. The summed E-state index contributed by atoms with van der Waals surface area (Å²) in [5.41, 5.74) is 0.851. The monoisotopic (exact) mass is 434 g/mol. The van der Waals surface area contributed by atoms with Crippen LogP contribution in [0, 0.1) is 5.82 Å². The molecule has 1 aromatic heterocycles. The predicted molar refractivity (Wildman–Crippen MR) is 108 cm³/mol. The second kappa shape index (κ2) is 7.92. The highest BCUT2D eigenvalue weighted by atomic mass is 32.2. The standard InChI is InChI=1S/C20H23FN4O4S/c1-30(28,29)24-10-8-15-16(12-24)22-18(23-19(15)26)17-7-2-3-9-25(17)20(27)13-5-4-6-14(21)11-13/h4-6,11,17H,2-3,7-10,12H2,1H3,(H,22,23,26)/t17-/m0/s1. The lowest BCUT2D eigenvalue weighted by molar-refractivity contribution is 0.0598. The van der Waals surface area contributed by atoms with E-state index in [-0.39, 0.29) is 30.1 Å². The number of nitrogens with zero attached hydrogens (tertiary/aromatic N) is 3. The number of piperidine rings is 1. The number of aromatic amines is 1. The molecule has 0 saturated carbocycles. The first kappa shape index (κ1) is 20.7. The highest BCUT2D eigenvalue weighted by Gasteiger charge is 2.33. The summed E-state index contributed by atoms with van der Waals surface area (Å²) in [5.74, 6) is -0.466. The molecule has 2 aliphatic heterocycles. The van der Waals surface area contributed by atoms with Gasteiger partial charge in [-0.2, -0.15) is 4.31 Å². The lowest BCUT2D eigenvalue weighted by Crippen LogP contribution is -2.42. The summed E-state index contributed by atoms with van der Waals surface area (Å²) in [7, 11) is -3.40. The number of likely N-dealkylation sites (tertiary alicyclic amines) is 1. The van der Waals surface area contributed by atoms with Crippen molar-refractivity contribution in [2.75, 3.05) is 19.3 Å². The van der Waals surface area contributed by atoms with Gasteiger partial charge in [-0.3, -0.25) is 9.59 Å². The van der Waals surface area contributed by atoms with Crippen molar-refractivity contribution in [2.24, 2.45) is 0 Å². The first-order valence-electron chi connectivity index (χ1n) is 9.87. The molecule has 30 heavy (non-hydrogen) atoms. The van der Waals surface area contributed by atoms with Gasteiger partial charge in [-0.1, -0.05) is 6.07 Å². The second-order valence-electron chi connectivity index (χ2n) is 7.74. The fourth-order valence-corrected chi connectivity index (χ4v) is 4.90. The van der Waals surface area contributed by atoms with E-state index >= 15 is 0 Å². The number of halogens is 1. The van der Waals surface area contributed by atoms with E-state index in [1.54, 1.807) is 11.0 Å². The van der Waals surface area contributed by atoms with Gasteiger partial charge in [0.15, 0.2) is 0 Å². The molecule has 1 saturated heterocycles. The van der Waals surface area contributed by atoms with Gasteiger partial charge in [-0.25, -0.2) is 17.8 Å². The molecule has 160 valence electrons. The fourth-order valence-electron chi connectivity index (χ4n) is 4.12. The number of carbonyl (C=O) groups is 1. The van der Waals surface area contributed by atoms with E-state index in [1.165, 1.54) is 22.5 Å². The Kier molecular flexibility index (Phi) is 5.46. The summed E-state index contributed by atoms with van der Waals surface area (Å²) in [6, 6.07) is 5.06. The van der Waals surface area contributed by atoms with E-state index in [4.69, 9.17) is 0 Å². The van der Waals surface area contributed by atoms with Gasteiger partial charge in [0.05, 0.1) is 24.5 Å². The van der Waals surface area contributed by atoms with Gasteiger partial charge in [-0.05, 0) is 43.9 Å². The Morgan fingerprint density at radius 3 is 2.80 bits per heavy atom. The van der Waals surface area contributed by atoms with Crippen molar-refractivity contribution >= 4 is 15.9 Å². The topological polar surface area (TPSA) is 103 Å². The Hall–Kier alpha value is -2.59. The molecule has 2 aromatic rings. The third-order valence-electron chi connectivity index (χ3n) is 5.68. The lowest BCUT2D eigenvalue weighted by Gasteiger charge is -2.35. The van der Waals surface area contributed by atoms with E-state index in [1.807, 2.05) is 0 Å². The summed E-state index contributed by atoms with van der Waals surface area (Å²) < 4.78 is 38.7. The van der Waals surface area contributed by atoms with Crippen molar-refractivity contribution < 1.29 is 17.6 Å². The molecule has 1 atom stereocenters. The molecule has 1 aromatic carbocycles. The van der Waals surface area contributed by atoms with Gasteiger partial charge in [0, 0.05) is 24.2 Å². The minimum Gasteiger partial charge on any atom is -0.328 e. The van der Waals surface area contributed by atoms with Crippen LogP contribution in [0.1, 0.15) is 52.7 Å². The van der Waals surface area contributed by atoms with Crippen molar-refractivity contribution in [1.29, 1.82) is 0 Å². The normalized spacial score (nSPS) is 20.1. The van der Waals surface area contributed by atoms with Gasteiger partial charge in [0.25, 0.3) is 11.5 Å². The van der Waals surface area contributed by atoms with E-state index in [9.17, 15) is 22.4 Å². The van der Waals surface area contributed by atoms with Crippen LogP contribution in [0.25, 0.3) is 0 Å². The van der Waals surface area contributed by atoms with Crippen LogP contribution < -0.4 is 5.56 Å². The zero-order chi connectivity index (χ0) is 21.5. The van der Waals surface area contributed by atoms with E-state index in [2.05, 4.69) is 9.97 Å². The third-order valence-corrected chi connectivity index (χ3v) is 6.93. The Morgan fingerprint density at radius 2 is 2.07 bits per heavy atom. The Balaban J connectivity index is 1.69. The van der Waals surface area contributed by atoms with Crippen LogP contribution in [-0.4, -0.2) is 52.8 Å². The number of sulfonamides is 1. The predicted octanol–water partition coefficient (Wildman–Crippen LogP) is 1.59. The van der Waals surface area contributed by atoms with Crippen LogP contribution in [0.2, 0.25) is 0 Å². The minimum atomic E-state index is -3.40. The molecule has 8 nitrogen and oxygen atoms in total. The van der Waals surface area contributed by atoms with Gasteiger partial charge >= 0.3 is 0 Å². The Labute approximate surface area is 173 Å². The molecule has 2 aliphatic rings. The van der Waals surface area contributed by atoms with Crippen molar-refractivity contribution in [3.8, 4) is 0 Å². The number of H-pyrrole nitrogens is 1. The summed E-state index contributed by atoms with van der Waals surface area (Å²) >= 11 is 0. The highest BCUT2D eigenvalue weighted by Crippen LogP contribution is 2.31.